The topological polar surface area (TPSA) is 52.6 Å². The van der Waals surface area contributed by atoms with E-state index in [2.05, 4.69) is 49.4 Å². The zero-order valence-electron chi connectivity index (χ0n) is 15.6. The maximum Gasteiger partial charge on any atom is 0.220 e. The van der Waals surface area contributed by atoms with Gasteiger partial charge in [-0.3, -0.25) is 9.69 Å². The van der Waals surface area contributed by atoms with Gasteiger partial charge in [-0.2, -0.15) is 0 Å². The Labute approximate surface area is 150 Å². The molecule has 4 nitrogen and oxygen atoms in total. The van der Waals surface area contributed by atoms with Crippen LogP contribution in [0.25, 0.3) is 0 Å². The number of hydrogen-bond acceptors (Lipinski definition) is 4. The quantitative estimate of drug-likeness (QED) is 0.852. The van der Waals surface area contributed by atoms with Gasteiger partial charge >= 0.3 is 0 Å². The highest BCUT2D eigenvalue weighted by Gasteiger charge is 2.46. The second-order valence-electron chi connectivity index (χ2n) is 8.39. The highest BCUT2D eigenvalue weighted by Crippen LogP contribution is 2.39. The third-order valence-corrected chi connectivity index (χ3v) is 5.58. The minimum absolute atomic E-state index is 0.0210. The number of piperidine rings is 1. The minimum atomic E-state index is -0.896. The van der Waals surface area contributed by atoms with Crippen molar-refractivity contribution in [1.82, 2.24) is 10.2 Å². The molecule has 136 valence electrons. The van der Waals surface area contributed by atoms with E-state index in [1.165, 1.54) is 4.88 Å². The molecule has 2 rings (SSSR count). The first-order valence-corrected chi connectivity index (χ1v) is 9.81. The van der Waals surface area contributed by atoms with Crippen molar-refractivity contribution in [3.8, 4) is 0 Å². The van der Waals surface area contributed by atoms with Crippen LogP contribution in [0.3, 0.4) is 0 Å². The molecule has 1 fully saturated rings. The molecule has 3 unspecified atom stereocenters. The van der Waals surface area contributed by atoms with Gasteiger partial charge in [0, 0.05) is 17.8 Å². The molecule has 1 saturated heterocycles. The van der Waals surface area contributed by atoms with E-state index in [0.717, 1.165) is 19.5 Å². The number of aliphatic hydroxyl groups is 1. The van der Waals surface area contributed by atoms with Gasteiger partial charge in [0.1, 0.15) is 0 Å². The minimum Gasteiger partial charge on any atom is -0.388 e. The van der Waals surface area contributed by atoms with Gasteiger partial charge in [-0.15, -0.1) is 11.3 Å². The monoisotopic (exact) mass is 352 g/mol. The molecular weight excluding hydrogens is 320 g/mol. The van der Waals surface area contributed by atoms with E-state index in [0.29, 0.717) is 12.8 Å². The molecule has 2 heterocycles. The number of carbonyl (C=O) groups excluding carboxylic acids is 1. The predicted octanol–water partition coefficient (Wildman–Crippen LogP) is 3.58. The Morgan fingerprint density at radius 1 is 1.50 bits per heavy atom. The van der Waals surface area contributed by atoms with Crippen molar-refractivity contribution in [1.29, 1.82) is 0 Å². The highest BCUT2D eigenvalue weighted by molar-refractivity contribution is 7.10. The maximum atomic E-state index is 12.6. The Balaban J connectivity index is 2.28. The van der Waals surface area contributed by atoms with Crippen molar-refractivity contribution < 1.29 is 9.90 Å². The average Bonchev–Trinajstić information content (AvgIpc) is 2.95. The summed E-state index contributed by atoms with van der Waals surface area (Å²) in [6.07, 6.45) is 2.20. The highest BCUT2D eigenvalue weighted by atomic mass is 32.1. The molecule has 5 heteroatoms. The Morgan fingerprint density at radius 3 is 2.75 bits per heavy atom. The Morgan fingerprint density at radius 2 is 2.21 bits per heavy atom. The largest absolute Gasteiger partial charge is 0.388 e. The summed E-state index contributed by atoms with van der Waals surface area (Å²) in [7, 11) is 0. The zero-order valence-corrected chi connectivity index (χ0v) is 16.4. The molecule has 1 aliphatic heterocycles. The second-order valence-corrected chi connectivity index (χ2v) is 9.37. The van der Waals surface area contributed by atoms with E-state index in [9.17, 15) is 9.90 Å². The van der Waals surface area contributed by atoms with Crippen LogP contribution in [0, 0.1) is 5.41 Å². The lowest BCUT2D eigenvalue weighted by atomic mass is 9.81. The summed E-state index contributed by atoms with van der Waals surface area (Å²) < 4.78 is 0. The summed E-state index contributed by atoms with van der Waals surface area (Å²) in [6.45, 7) is 12.0. The van der Waals surface area contributed by atoms with Crippen LogP contribution in [0.1, 0.15) is 64.8 Å². The molecule has 0 bridgehead atoms. The van der Waals surface area contributed by atoms with Crippen molar-refractivity contribution in [2.45, 2.75) is 71.6 Å². The predicted molar refractivity (Wildman–Crippen MR) is 100 cm³/mol. The number of thiophene rings is 1. The molecule has 24 heavy (non-hydrogen) atoms. The normalized spacial score (nSPS) is 28.8. The van der Waals surface area contributed by atoms with Crippen LogP contribution in [0.4, 0.5) is 0 Å². The van der Waals surface area contributed by atoms with Crippen molar-refractivity contribution in [3.63, 3.8) is 0 Å². The number of hydrogen-bond donors (Lipinski definition) is 2. The fourth-order valence-electron chi connectivity index (χ4n) is 3.50. The lowest BCUT2D eigenvalue weighted by Crippen LogP contribution is -2.62. The lowest BCUT2D eigenvalue weighted by molar-refractivity contribution is -0.130. The molecule has 0 spiro atoms. The fourth-order valence-corrected chi connectivity index (χ4v) is 4.39. The molecule has 0 radical (unpaired) electrons. The Hall–Kier alpha value is -0.910. The molecule has 0 saturated carbocycles. The van der Waals surface area contributed by atoms with Gasteiger partial charge < -0.3 is 10.4 Å². The molecule has 1 aliphatic rings. The van der Waals surface area contributed by atoms with Crippen LogP contribution in [-0.4, -0.2) is 40.6 Å². The standard InChI is InChI=1S/C19H32N2O2S/c1-6-10-21-11-9-19(5,23)17(16(21)14-8-7-12-24-14)20-15(22)13-18(2,3)4/h7-8,12,16-17,23H,6,9-11,13H2,1-5H3,(H,20,22). The van der Waals surface area contributed by atoms with Crippen molar-refractivity contribution in [2.75, 3.05) is 13.1 Å². The summed E-state index contributed by atoms with van der Waals surface area (Å²) in [5.74, 6) is 0.0210. The van der Waals surface area contributed by atoms with Crippen molar-refractivity contribution in [3.05, 3.63) is 22.4 Å². The van der Waals surface area contributed by atoms with Crippen LogP contribution in [0.2, 0.25) is 0 Å². The van der Waals surface area contributed by atoms with Crippen LogP contribution >= 0.6 is 11.3 Å². The van der Waals surface area contributed by atoms with Gasteiger partial charge in [0.2, 0.25) is 5.91 Å². The van der Waals surface area contributed by atoms with E-state index in [-0.39, 0.29) is 23.4 Å². The second kappa shape index (κ2) is 7.54. The number of nitrogens with one attached hydrogen (secondary N) is 1. The molecule has 3 atom stereocenters. The number of nitrogens with zero attached hydrogens (tertiary/aromatic N) is 1. The van der Waals surface area contributed by atoms with Crippen LogP contribution < -0.4 is 5.32 Å². The summed E-state index contributed by atoms with van der Waals surface area (Å²) in [4.78, 5) is 16.2. The van der Waals surface area contributed by atoms with E-state index < -0.39 is 5.60 Å². The van der Waals surface area contributed by atoms with Crippen molar-refractivity contribution in [2.24, 2.45) is 5.41 Å². The van der Waals surface area contributed by atoms with Crippen molar-refractivity contribution >= 4 is 17.2 Å². The third kappa shape index (κ3) is 4.80. The number of carbonyl (C=O) groups is 1. The first kappa shape index (κ1) is 19.4. The SMILES string of the molecule is CCCN1CCC(C)(O)C(NC(=O)CC(C)(C)C)C1c1cccs1. The third-order valence-electron chi connectivity index (χ3n) is 4.64. The molecule has 1 amide bonds. The van der Waals surface area contributed by atoms with Gasteiger partial charge in [0.05, 0.1) is 17.7 Å². The van der Waals surface area contributed by atoms with Gasteiger partial charge in [-0.05, 0) is 43.2 Å². The number of rotatable bonds is 5. The average molecular weight is 353 g/mol. The first-order chi connectivity index (χ1) is 11.1. The van der Waals surface area contributed by atoms with Gasteiger partial charge in [0.25, 0.3) is 0 Å². The van der Waals surface area contributed by atoms with E-state index >= 15 is 0 Å². The Kier molecular flexibility index (Phi) is 6.10. The Bertz CT molecular complexity index is 534. The molecule has 1 aromatic rings. The van der Waals surface area contributed by atoms with Gasteiger partial charge in [0.15, 0.2) is 0 Å². The van der Waals surface area contributed by atoms with E-state index in [4.69, 9.17) is 0 Å². The smallest absolute Gasteiger partial charge is 0.220 e. The van der Waals surface area contributed by atoms with Gasteiger partial charge in [-0.1, -0.05) is 33.8 Å². The summed E-state index contributed by atoms with van der Waals surface area (Å²) in [5, 5.41) is 16.2. The van der Waals surface area contributed by atoms with Crippen LogP contribution in [0.15, 0.2) is 17.5 Å². The number of amides is 1. The lowest BCUT2D eigenvalue weighted by Gasteiger charge is -2.49. The molecule has 1 aromatic heterocycles. The van der Waals surface area contributed by atoms with Crippen LogP contribution in [0.5, 0.6) is 0 Å². The fraction of sp³-hybridized carbons (Fsp3) is 0.737. The summed E-state index contributed by atoms with van der Waals surface area (Å²) >= 11 is 1.70. The summed E-state index contributed by atoms with van der Waals surface area (Å²) in [6, 6.07) is 3.91. The molecule has 0 aliphatic carbocycles. The van der Waals surface area contributed by atoms with Crippen LogP contribution in [-0.2, 0) is 4.79 Å². The van der Waals surface area contributed by atoms with E-state index in [1.54, 1.807) is 11.3 Å². The summed E-state index contributed by atoms with van der Waals surface area (Å²) in [5.41, 5.74) is -0.960. The zero-order chi connectivity index (χ0) is 18.0. The molecule has 0 aromatic carbocycles. The van der Waals surface area contributed by atoms with Gasteiger partial charge in [-0.25, -0.2) is 0 Å². The van der Waals surface area contributed by atoms with E-state index in [1.807, 2.05) is 13.0 Å². The number of likely N-dealkylation sites (tertiary alicyclic amines) is 1. The molecule has 2 N–H and O–H groups in total. The first-order valence-electron chi connectivity index (χ1n) is 8.93. The molecular formula is C19H32N2O2S. The maximum absolute atomic E-state index is 12.6.